The number of rotatable bonds is 3. The maximum Gasteiger partial charge on any atom is 0.323 e. The van der Waals surface area contributed by atoms with E-state index in [-0.39, 0.29) is 11.6 Å². The highest BCUT2D eigenvalue weighted by atomic mass is 16.6. The van der Waals surface area contributed by atoms with Crippen LogP contribution in [0.1, 0.15) is 53.4 Å². The van der Waals surface area contributed by atoms with Crippen molar-refractivity contribution in [2.75, 3.05) is 0 Å². The summed E-state index contributed by atoms with van der Waals surface area (Å²) in [6.45, 7) is 8.23. The lowest BCUT2D eigenvalue weighted by molar-refractivity contribution is -0.163. The summed E-state index contributed by atoms with van der Waals surface area (Å²) in [4.78, 5) is 11.5. The van der Waals surface area contributed by atoms with Crippen LogP contribution in [0.3, 0.4) is 0 Å². The summed E-state index contributed by atoms with van der Waals surface area (Å²) >= 11 is 0. The average Bonchev–Trinajstić information content (AvgIpc) is 2.17. The van der Waals surface area contributed by atoms with Gasteiger partial charge in [0.2, 0.25) is 0 Å². The van der Waals surface area contributed by atoms with Crippen molar-refractivity contribution < 1.29 is 9.53 Å². The van der Waals surface area contributed by atoms with Gasteiger partial charge in [-0.3, -0.25) is 4.79 Å². The van der Waals surface area contributed by atoms with Crippen molar-refractivity contribution in [2.24, 2.45) is 17.6 Å². The predicted octanol–water partition coefficient (Wildman–Crippen LogP) is 2.48. The summed E-state index contributed by atoms with van der Waals surface area (Å²) in [5.74, 6) is 1.24. The van der Waals surface area contributed by atoms with E-state index in [1.54, 1.807) is 6.92 Å². The minimum absolute atomic E-state index is 0.273. The van der Waals surface area contributed by atoms with Crippen molar-refractivity contribution in [3.05, 3.63) is 0 Å². The second-order valence-electron chi connectivity index (χ2n) is 5.74. The van der Waals surface area contributed by atoms with E-state index in [1.807, 2.05) is 6.92 Å². The Labute approximate surface area is 98.7 Å². The molecule has 0 heterocycles. The van der Waals surface area contributed by atoms with Crippen LogP contribution in [0.2, 0.25) is 0 Å². The van der Waals surface area contributed by atoms with Crippen LogP contribution in [-0.4, -0.2) is 17.6 Å². The highest BCUT2D eigenvalue weighted by molar-refractivity contribution is 5.75. The lowest BCUT2D eigenvalue weighted by atomic mass is 9.75. The van der Waals surface area contributed by atoms with E-state index < -0.39 is 6.04 Å². The summed E-state index contributed by atoms with van der Waals surface area (Å²) in [6, 6.07) is -0.514. The lowest BCUT2D eigenvalue weighted by Gasteiger charge is -2.38. The van der Waals surface area contributed by atoms with Crippen molar-refractivity contribution in [2.45, 2.75) is 65.0 Å². The Morgan fingerprint density at radius 1 is 1.31 bits per heavy atom. The molecule has 0 aromatic heterocycles. The number of hydrogen-bond acceptors (Lipinski definition) is 3. The molecule has 3 nitrogen and oxygen atoms in total. The van der Waals surface area contributed by atoms with Gasteiger partial charge in [0, 0.05) is 0 Å². The van der Waals surface area contributed by atoms with Gasteiger partial charge >= 0.3 is 5.97 Å². The summed E-state index contributed by atoms with van der Waals surface area (Å²) in [5, 5.41) is 0. The third kappa shape index (κ3) is 3.48. The smallest absolute Gasteiger partial charge is 0.323 e. The van der Waals surface area contributed by atoms with Crippen LogP contribution in [0.5, 0.6) is 0 Å². The minimum atomic E-state index is -0.514. The van der Waals surface area contributed by atoms with Crippen LogP contribution in [0.4, 0.5) is 0 Å². The van der Waals surface area contributed by atoms with Gasteiger partial charge in [-0.2, -0.15) is 0 Å². The highest BCUT2D eigenvalue weighted by Crippen LogP contribution is 2.37. The predicted molar refractivity (Wildman–Crippen MR) is 64.9 cm³/mol. The molecule has 0 saturated heterocycles. The van der Waals surface area contributed by atoms with Gasteiger partial charge in [-0.05, 0) is 51.4 Å². The van der Waals surface area contributed by atoms with Gasteiger partial charge in [0.05, 0.1) is 0 Å². The Morgan fingerprint density at radius 2 is 1.81 bits per heavy atom. The first-order chi connectivity index (χ1) is 7.34. The quantitative estimate of drug-likeness (QED) is 0.754. The number of nitrogens with two attached hydrogens (primary N) is 1. The van der Waals surface area contributed by atoms with Crippen LogP contribution in [0, 0.1) is 11.8 Å². The molecule has 1 saturated carbocycles. The van der Waals surface area contributed by atoms with Crippen LogP contribution in [0.15, 0.2) is 0 Å². The fraction of sp³-hybridized carbons (Fsp3) is 0.923. The van der Waals surface area contributed by atoms with E-state index in [4.69, 9.17) is 10.5 Å². The summed E-state index contributed by atoms with van der Waals surface area (Å²) in [5.41, 5.74) is 5.23. The Kier molecular flexibility index (Phi) is 4.36. The maximum atomic E-state index is 11.5. The number of hydrogen-bond donors (Lipinski definition) is 1. The average molecular weight is 227 g/mol. The Hall–Kier alpha value is -0.570. The minimum Gasteiger partial charge on any atom is -0.458 e. The Balaban J connectivity index is 2.47. The number of carbonyl (C=O) groups is 1. The highest BCUT2D eigenvalue weighted by Gasteiger charge is 2.35. The van der Waals surface area contributed by atoms with Gasteiger partial charge in [0.15, 0.2) is 0 Å². The first kappa shape index (κ1) is 13.5. The van der Waals surface area contributed by atoms with Crippen LogP contribution >= 0.6 is 0 Å². The molecule has 94 valence electrons. The summed E-state index contributed by atoms with van der Waals surface area (Å²) in [6.07, 6.45) is 4.24. The van der Waals surface area contributed by atoms with Crippen molar-refractivity contribution in [1.29, 1.82) is 0 Å². The van der Waals surface area contributed by atoms with Crippen molar-refractivity contribution >= 4 is 5.97 Å². The largest absolute Gasteiger partial charge is 0.458 e. The third-order valence-electron chi connectivity index (χ3n) is 3.75. The topological polar surface area (TPSA) is 52.3 Å². The molecule has 0 amide bonds. The third-order valence-corrected chi connectivity index (χ3v) is 3.75. The second kappa shape index (κ2) is 5.17. The standard InChI is InChI=1S/C13H25NO2/c1-9(2)11-5-7-13(4,8-6-11)16-12(15)10(3)14/h9-11H,5-8,14H2,1-4H3/t10-,11?,13?/m0/s1. The Bertz CT molecular complexity index is 240. The zero-order valence-electron chi connectivity index (χ0n) is 11.0. The molecule has 1 rings (SSSR count). The molecule has 0 aliphatic heterocycles. The molecule has 16 heavy (non-hydrogen) atoms. The molecule has 0 radical (unpaired) electrons. The fourth-order valence-electron chi connectivity index (χ4n) is 2.36. The van der Waals surface area contributed by atoms with Gasteiger partial charge in [-0.25, -0.2) is 0 Å². The first-order valence-electron chi connectivity index (χ1n) is 6.32. The maximum absolute atomic E-state index is 11.5. The van der Waals surface area contributed by atoms with Crippen molar-refractivity contribution in [3.63, 3.8) is 0 Å². The molecule has 1 aliphatic rings. The van der Waals surface area contributed by atoms with E-state index >= 15 is 0 Å². The van der Waals surface area contributed by atoms with Gasteiger partial charge in [-0.1, -0.05) is 13.8 Å². The van der Waals surface area contributed by atoms with E-state index in [1.165, 1.54) is 0 Å². The molecule has 2 N–H and O–H groups in total. The molecule has 3 heteroatoms. The normalized spacial score (nSPS) is 32.5. The molecule has 0 bridgehead atoms. The lowest BCUT2D eigenvalue weighted by Crippen LogP contribution is -2.41. The zero-order chi connectivity index (χ0) is 12.3. The van der Waals surface area contributed by atoms with Crippen LogP contribution in [0.25, 0.3) is 0 Å². The zero-order valence-corrected chi connectivity index (χ0v) is 11.0. The molecular weight excluding hydrogens is 202 g/mol. The van der Waals surface area contributed by atoms with Crippen LogP contribution < -0.4 is 5.73 Å². The van der Waals surface area contributed by atoms with Crippen molar-refractivity contribution in [1.82, 2.24) is 0 Å². The molecular formula is C13H25NO2. The fourth-order valence-corrected chi connectivity index (χ4v) is 2.36. The summed E-state index contributed by atoms with van der Waals surface area (Å²) < 4.78 is 5.50. The molecule has 0 aromatic rings. The van der Waals surface area contributed by atoms with Gasteiger partial charge in [-0.15, -0.1) is 0 Å². The first-order valence-corrected chi connectivity index (χ1v) is 6.32. The second-order valence-corrected chi connectivity index (χ2v) is 5.74. The van der Waals surface area contributed by atoms with E-state index in [0.717, 1.165) is 37.5 Å². The summed E-state index contributed by atoms with van der Waals surface area (Å²) in [7, 11) is 0. The number of ether oxygens (including phenoxy) is 1. The molecule has 0 spiro atoms. The van der Waals surface area contributed by atoms with Crippen LogP contribution in [-0.2, 0) is 9.53 Å². The molecule has 1 fully saturated rings. The SMILES string of the molecule is CC(C)C1CCC(C)(OC(=O)[C@H](C)N)CC1. The van der Waals surface area contributed by atoms with Gasteiger partial charge < -0.3 is 10.5 Å². The number of esters is 1. The van der Waals surface area contributed by atoms with E-state index in [9.17, 15) is 4.79 Å². The molecule has 0 aromatic carbocycles. The monoisotopic (exact) mass is 227 g/mol. The van der Waals surface area contributed by atoms with E-state index in [0.29, 0.717) is 0 Å². The molecule has 1 atom stereocenters. The van der Waals surface area contributed by atoms with Crippen molar-refractivity contribution in [3.8, 4) is 0 Å². The molecule has 1 aliphatic carbocycles. The van der Waals surface area contributed by atoms with Gasteiger partial charge in [0.25, 0.3) is 0 Å². The Morgan fingerprint density at radius 3 is 2.19 bits per heavy atom. The van der Waals surface area contributed by atoms with E-state index in [2.05, 4.69) is 13.8 Å². The van der Waals surface area contributed by atoms with Gasteiger partial charge in [0.1, 0.15) is 11.6 Å². The number of carbonyl (C=O) groups excluding carboxylic acids is 1. The molecule has 0 unspecified atom stereocenters.